The molecule has 0 aliphatic carbocycles. The summed E-state index contributed by atoms with van der Waals surface area (Å²) in [6, 6.07) is 16.0. The van der Waals surface area contributed by atoms with E-state index >= 15 is 0 Å². The van der Waals surface area contributed by atoms with Crippen molar-refractivity contribution in [1.29, 1.82) is 0 Å². The molecule has 2 saturated heterocycles. The van der Waals surface area contributed by atoms with Crippen molar-refractivity contribution in [3.63, 3.8) is 0 Å². The topological polar surface area (TPSA) is 49.9 Å². The minimum atomic E-state index is 0.0119. The number of ether oxygens (including phenoxy) is 1. The van der Waals surface area contributed by atoms with Gasteiger partial charge in [-0.2, -0.15) is 0 Å². The summed E-state index contributed by atoms with van der Waals surface area (Å²) in [7, 11) is 0. The molecule has 0 saturated carbocycles. The molecule has 0 unspecified atom stereocenters. The van der Waals surface area contributed by atoms with Crippen LogP contribution in [-0.2, 0) is 9.59 Å². The van der Waals surface area contributed by atoms with E-state index in [1.54, 1.807) is 6.92 Å². The fourth-order valence-corrected chi connectivity index (χ4v) is 4.76. The summed E-state index contributed by atoms with van der Waals surface area (Å²) in [6.07, 6.45) is 0. The van der Waals surface area contributed by atoms with Gasteiger partial charge in [0.2, 0.25) is 5.91 Å². The Hall–Kier alpha value is -2.82. The molecular formula is C24H28N2O3. The number of fused-ring (bicyclic) bond motifs is 1. The van der Waals surface area contributed by atoms with E-state index in [-0.39, 0.29) is 30.4 Å². The average Bonchev–Trinajstić information content (AvgIpc) is 3.26. The second-order valence-corrected chi connectivity index (χ2v) is 8.30. The van der Waals surface area contributed by atoms with Crippen molar-refractivity contribution < 1.29 is 14.3 Å². The van der Waals surface area contributed by atoms with Crippen molar-refractivity contribution in [3.05, 3.63) is 65.2 Å². The molecule has 2 aliphatic heterocycles. The predicted octanol–water partition coefficient (Wildman–Crippen LogP) is 3.36. The van der Waals surface area contributed by atoms with Crippen LogP contribution in [0.5, 0.6) is 5.75 Å². The molecule has 29 heavy (non-hydrogen) atoms. The van der Waals surface area contributed by atoms with Gasteiger partial charge in [0.1, 0.15) is 5.75 Å². The number of hydrogen-bond donors (Lipinski definition) is 0. The number of benzene rings is 2. The molecule has 2 heterocycles. The zero-order valence-electron chi connectivity index (χ0n) is 17.3. The van der Waals surface area contributed by atoms with Crippen molar-refractivity contribution in [2.45, 2.75) is 26.8 Å². The summed E-state index contributed by atoms with van der Waals surface area (Å²) in [5, 5.41) is 0. The minimum Gasteiger partial charge on any atom is -0.484 e. The molecule has 2 aromatic rings. The standard InChI is InChI=1S/C24H28N2O3/c1-16-8-10-20(11-9-16)29-15-23(28)25-12-19-13-26(18(3)27)24(22(19)14-25)21-7-5-4-6-17(21)2/h4-11,19,22,24H,12-15H2,1-3H3/t19-,22-,24+/m1/s1. The molecule has 3 atom stereocenters. The second kappa shape index (κ2) is 7.90. The van der Waals surface area contributed by atoms with Crippen molar-refractivity contribution in [3.8, 4) is 5.75 Å². The number of rotatable bonds is 4. The smallest absolute Gasteiger partial charge is 0.260 e. The normalized spacial score (nSPS) is 23.2. The lowest BCUT2D eigenvalue weighted by Gasteiger charge is -2.30. The van der Waals surface area contributed by atoms with E-state index < -0.39 is 0 Å². The zero-order chi connectivity index (χ0) is 20.5. The van der Waals surface area contributed by atoms with Crippen LogP contribution < -0.4 is 4.74 Å². The Balaban J connectivity index is 1.46. The Morgan fingerprint density at radius 3 is 2.41 bits per heavy atom. The molecule has 2 aromatic carbocycles. The molecule has 0 bridgehead atoms. The summed E-state index contributed by atoms with van der Waals surface area (Å²) in [4.78, 5) is 29.0. The van der Waals surface area contributed by atoms with Gasteiger partial charge in [-0.1, -0.05) is 42.0 Å². The average molecular weight is 392 g/mol. The summed E-state index contributed by atoms with van der Waals surface area (Å²) < 4.78 is 5.69. The Morgan fingerprint density at radius 1 is 1.00 bits per heavy atom. The van der Waals surface area contributed by atoms with E-state index in [9.17, 15) is 9.59 Å². The van der Waals surface area contributed by atoms with Crippen LogP contribution in [0.3, 0.4) is 0 Å². The summed E-state index contributed by atoms with van der Waals surface area (Å²) in [5.74, 6) is 1.41. The quantitative estimate of drug-likeness (QED) is 0.802. The molecule has 0 radical (unpaired) electrons. The first-order chi connectivity index (χ1) is 13.9. The Labute approximate surface area is 172 Å². The second-order valence-electron chi connectivity index (χ2n) is 8.30. The van der Waals surface area contributed by atoms with Crippen LogP contribution >= 0.6 is 0 Å². The monoisotopic (exact) mass is 392 g/mol. The molecule has 152 valence electrons. The molecular weight excluding hydrogens is 364 g/mol. The molecule has 5 heteroatoms. The number of nitrogens with zero attached hydrogens (tertiary/aromatic N) is 2. The summed E-state index contributed by atoms with van der Waals surface area (Å²) in [6.45, 7) is 7.87. The van der Waals surface area contributed by atoms with Gasteiger partial charge in [-0.05, 0) is 37.1 Å². The van der Waals surface area contributed by atoms with E-state index in [1.165, 1.54) is 11.1 Å². The molecule has 2 fully saturated rings. The van der Waals surface area contributed by atoms with Crippen LogP contribution in [0.15, 0.2) is 48.5 Å². The molecule has 2 aliphatic rings. The van der Waals surface area contributed by atoms with Crippen molar-refractivity contribution in [2.75, 3.05) is 26.2 Å². The maximum Gasteiger partial charge on any atom is 0.260 e. The van der Waals surface area contributed by atoms with Gasteiger partial charge in [0.15, 0.2) is 6.61 Å². The highest BCUT2D eigenvalue weighted by molar-refractivity contribution is 5.78. The lowest BCUT2D eigenvalue weighted by molar-refractivity contribution is -0.133. The van der Waals surface area contributed by atoms with E-state index in [0.29, 0.717) is 31.3 Å². The first-order valence-corrected chi connectivity index (χ1v) is 10.2. The lowest BCUT2D eigenvalue weighted by Crippen LogP contribution is -2.38. The zero-order valence-corrected chi connectivity index (χ0v) is 17.3. The highest BCUT2D eigenvalue weighted by Crippen LogP contribution is 2.45. The SMILES string of the molecule is CC(=O)N1C[C@H]2CN(C(=O)COc3ccc(C)cc3)C[C@H]2[C@@H]1c1ccccc1C. The van der Waals surface area contributed by atoms with Crippen molar-refractivity contribution >= 4 is 11.8 Å². The fraction of sp³-hybridized carbons (Fsp3) is 0.417. The maximum atomic E-state index is 12.8. The molecule has 0 N–H and O–H groups in total. The van der Waals surface area contributed by atoms with Crippen molar-refractivity contribution in [2.24, 2.45) is 11.8 Å². The molecule has 2 amide bonds. The number of hydrogen-bond acceptors (Lipinski definition) is 3. The lowest BCUT2D eigenvalue weighted by atomic mass is 9.87. The van der Waals surface area contributed by atoms with Gasteiger partial charge in [-0.25, -0.2) is 0 Å². The van der Waals surface area contributed by atoms with Gasteiger partial charge in [-0.15, -0.1) is 0 Å². The Kier molecular flexibility index (Phi) is 5.31. The maximum absolute atomic E-state index is 12.8. The molecule has 5 nitrogen and oxygen atoms in total. The van der Waals surface area contributed by atoms with Gasteiger partial charge in [-0.3, -0.25) is 9.59 Å². The van der Waals surface area contributed by atoms with Crippen LogP contribution in [0.2, 0.25) is 0 Å². The van der Waals surface area contributed by atoms with Crippen LogP contribution in [0.25, 0.3) is 0 Å². The van der Waals surface area contributed by atoms with E-state index in [1.807, 2.05) is 53.1 Å². The van der Waals surface area contributed by atoms with Crippen LogP contribution in [0.4, 0.5) is 0 Å². The number of carbonyl (C=O) groups is 2. The van der Waals surface area contributed by atoms with Crippen LogP contribution in [0.1, 0.15) is 29.7 Å². The molecule has 4 rings (SSSR count). The Morgan fingerprint density at radius 2 is 1.72 bits per heavy atom. The van der Waals surface area contributed by atoms with E-state index in [2.05, 4.69) is 19.1 Å². The van der Waals surface area contributed by atoms with Crippen LogP contribution in [0, 0.1) is 25.7 Å². The first kappa shape index (κ1) is 19.5. The number of carbonyl (C=O) groups excluding carboxylic acids is 2. The number of aryl methyl sites for hydroxylation is 2. The third-order valence-electron chi connectivity index (χ3n) is 6.31. The van der Waals surface area contributed by atoms with Crippen LogP contribution in [-0.4, -0.2) is 47.9 Å². The molecule has 0 aromatic heterocycles. The highest BCUT2D eigenvalue weighted by Gasteiger charge is 2.49. The van der Waals surface area contributed by atoms with Gasteiger partial charge in [0, 0.05) is 38.4 Å². The number of likely N-dealkylation sites (tertiary alicyclic amines) is 2. The summed E-state index contributed by atoms with van der Waals surface area (Å²) >= 11 is 0. The summed E-state index contributed by atoms with van der Waals surface area (Å²) in [5.41, 5.74) is 3.55. The van der Waals surface area contributed by atoms with Gasteiger partial charge in [0.05, 0.1) is 6.04 Å². The number of amides is 2. The third kappa shape index (κ3) is 3.86. The Bertz CT molecular complexity index is 909. The van der Waals surface area contributed by atoms with Crippen molar-refractivity contribution in [1.82, 2.24) is 9.80 Å². The third-order valence-corrected chi connectivity index (χ3v) is 6.31. The van der Waals surface area contributed by atoms with E-state index in [0.717, 1.165) is 5.56 Å². The first-order valence-electron chi connectivity index (χ1n) is 10.2. The molecule has 0 spiro atoms. The van der Waals surface area contributed by atoms with Gasteiger partial charge < -0.3 is 14.5 Å². The fourth-order valence-electron chi connectivity index (χ4n) is 4.76. The predicted molar refractivity (Wildman–Crippen MR) is 112 cm³/mol. The van der Waals surface area contributed by atoms with Gasteiger partial charge in [0.25, 0.3) is 5.91 Å². The highest BCUT2D eigenvalue weighted by atomic mass is 16.5. The largest absolute Gasteiger partial charge is 0.484 e. The van der Waals surface area contributed by atoms with Gasteiger partial charge >= 0.3 is 0 Å². The minimum absolute atomic E-state index is 0.0119. The van der Waals surface area contributed by atoms with E-state index in [4.69, 9.17) is 4.74 Å².